The number of hydrogen-bond donors (Lipinski definition) is 3. The minimum atomic E-state index is -0.559. The summed E-state index contributed by atoms with van der Waals surface area (Å²) in [6, 6.07) is 1.45. The van der Waals surface area contributed by atoms with E-state index in [9.17, 15) is 9.90 Å². The van der Waals surface area contributed by atoms with Crippen molar-refractivity contribution in [2.45, 2.75) is 19.4 Å². The van der Waals surface area contributed by atoms with Gasteiger partial charge in [0.15, 0.2) is 0 Å². The number of pyridine rings is 1. The first kappa shape index (κ1) is 12.7. The van der Waals surface area contributed by atoms with Gasteiger partial charge in [-0.15, -0.1) is 0 Å². The predicted octanol–water partition coefficient (Wildman–Crippen LogP) is 0.818. The Morgan fingerprint density at radius 3 is 3.06 bits per heavy atom. The zero-order valence-corrected chi connectivity index (χ0v) is 9.66. The van der Waals surface area contributed by atoms with Crippen molar-refractivity contribution in [3.05, 3.63) is 23.0 Å². The summed E-state index contributed by atoms with van der Waals surface area (Å²) in [5, 5.41) is 11.9. The van der Waals surface area contributed by atoms with Crippen LogP contribution in [0.1, 0.15) is 23.7 Å². The zero-order valence-electron chi connectivity index (χ0n) is 8.90. The molecule has 0 aromatic carbocycles. The van der Waals surface area contributed by atoms with Gasteiger partial charge in [0.25, 0.3) is 5.91 Å². The molecule has 1 amide bonds. The molecule has 5 nitrogen and oxygen atoms in total. The van der Waals surface area contributed by atoms with Gasteiger partial charge in [-0.05, 0) is 12.5 Å². The number of carbonyl (C=O) groups is 1. The van der Waals surface area contributed by atoms with E-state index in [1.54, 1.807) is 0 Å². The molecular weight excluding hydrogens is 230 g/mol. The van der Waals surface area contributed by atoms with E-state index in [1.165, 1.54) is 12.3 Å². The quantitative estimate of drug-likeness (QED) is 0.683. The van der Waals surface area contributed by atoms with Crippen molar-refractivity contribution in [1.82, 2.24) is 10.3 Å². The summed E-state index contributed by atoms with van der Waals surface area (Å²) in [4.78, 5) is 15.4. The molecule has 1 unspecified atom stereocenters. The van der Waals surface area contributed by atoms with E-state index in [0.717, 1.165) is 0 Å². The highest BCUT2D eigenvalue weighted by Gasteiger charge is 2.12. The fourth-order valence-electron chi connectivity index (χ4n) is 1.07. The van der Waals surface area contributed by atoms with Crippen molar-refractivity contribution in [2.24, 2.45) is 0 Å². The van der Waals surface area contributed by atoms with E-state index in [2.05, 4.69) is 10.3 Å². The van der Waals surface area contributed by atoms with Crippen LogP contribution in [0.25, 0.3) is 0 Å². The third-order valence-electron chi connectivity index (χ3n) is 2.07. The molecule has 0 bridgehead atoms. The standard InChI is InChI=1S/C10H14ClN3O2/c1-2-7(15)5-14-10(16)8-3-6(12)4-13-9(8)11/h3-4,7,15H,2,5,12H2,1H3,(H,14,16). The first-order valence-electron chi connectivity index (χ1n) is 4.91. The number of nitrogens with two attached hydrogens (primary N) is 1. The van der Waals surface area contributed by atoms with Crippen LogP contribution in [0.2, 0.25) is 5.15 Å². The molecule has 0 aliphatic heterocycles. The number of rotatable bonds is 4. The molecule has 0 saturated carbocycles. The average Bonchev–Trinajstić information content (AvgIpc) is 2.28. The lowest BCUT2D eigenvalue weighted by atomic mass is 10.2. The van der Waals surface area contributed by atoms with Crippen molar-refractivity contribution in [3.63, 3.8) is 0 Å². The van der Waals surface area contributed by atoms with Gasteiger partial charge in [0.1, 0.15) is 5.15 Å². The van der Waals surface area contributed by atoms with E-state index in [0.29, 0.717) is 12.1 Å². The third kappa shape index (κ3) is 3.36. The molecule has 0 spiro atoms. The lowest BCUT2D eigenvalue weighted by Crippen LogP contribution is -2.32. The first-order chi connectivity index (χ1) is 7.54. The van der Waals surface area contributed by atoms with Crippen LogP contribution in [0.15, 0.2) is 12.3 Å². The van der Waals surface area contributed by atoms with Crippen LogP contribution in [0.3, 0.4) is 0 Å². The summed E-state index contributed by atoms with van der Waals surface area (Å²) < 4.78 is 0. The van der Waals surface area contributed by atoms with Crippen molar-refractivity contribution in [2.75, 3.05) is 12.3 Å². The maximum Gasteiger partial charge on any atom is 0.254 e. The van der Waals surface area contributed by atoms with Gasteiger partial charge in [-0.1, -0.05) is 18.5 Å². The number of nitrogen functional groups attached to an aromatic ring is 1. The zero-order chi connectivity index (χ0) is 12.1. The summed E-state index contributed by atoms with van der Waals surface area (Å²) in [6.07, 6.45) is 1.39. The van der Waals surface area contributed by atoms with E-state index in [4.69, 9.17) is 17.3 Å². The molecule has 1 aromatic rings. The second-order valence-corrected chi connectivity index (χ2v) is 3.74. The van der Waals surface area contributed by atoms with Gasteiger partial charge in [0.2, 0.25) is 0 Å². The molecule has 0 saturated heterocycles. The molecule has 1 atom stereocenters. The monoisotopic (exact) mass is 243 g/mol. The lowest BCUT2D eigenvalue weighted by Gasteiger charge is -2.10. The smallest absolute Gasteiger partial charge is 0.254 e. The summed E-state index contributed by atoms with van der Waals surface area (Å²) in [5.41, 5.74) is 6.08. The highest BCUT2D eigenvalue weighted by Crippen LogP contribution is 2.15. The topological polar surface area (TPSA) is 88.2 Å². The van der Waals surface area contributed by atoms with Crippen molar-refractivity contribution in [1.29, 1.82) is 0 Å². The van der Waals surface area contributed by atoms with E-state index in [1.807, 2.05) is 6.92 Å². The highest BCUT2D eigenvalue weighted by molar-refractivity contribution is 6.32. The van der Waals surface area contributed by atoms with Crippen LogP contribution in [-0.2, 0) is 0 Å². The molecule has 0 aliphatic carbocycles. The number of nitrogens with one attached hydrogen (secondary N) is 1. The Kier molecular flexibility index (Phi) is 4.52. The molecule has 0 radical (unpaired) electrons. The number of aliphatic hydroxyl groups is 1. The van der Waals surface area contributed by atoms with Crippen LogP contribution in [0.4, 0.5) is 5.69 Å². The van der Waals surface area contributed by atoms with Gasteiger partial charge in [-0.3, -0.25) is 4.79 Å². The molecular formula is C10H14ClN3O2. The van der Waals surface area contributed by atoms with Gasteiger partial charge in [-0.25, -0.2) is 4.98 Å². The van der Waals surface area contributed by atoms with Crippen molar-refractivity contribution in [3.8, 4) is 0 Å². The third-order valence-corrected chi connectivity index (χ3v) is 2.38. The molecule has 1 aromatic heterocycles. The molecule has 4 N–H and O–H groups in total. The summed E-state index contributed by atoms with van der Waals surface area (Å²) in [7, 11) is 0. The minimum absolute atomic E-state index is 0.0951. The number of halogens is 1. The molecule has 0 aliphatic rings. The van der Waals surface area contributed by atoms with Gasteiger partial charge in [0.05, 0.1) is 23.6 Å². The minimum Gasteiger partial charge on any atom is -0.397 e. The van der Waals surface area contributed by atoms with Crippen LogP contribution >= 0.6 is 11.6 Å². The van der Waals surface area contributed by atoms with Crippen LogP contribution < -0.4 is 11.1 Å². The number of aromatic nitrogens is 1. The van der Waals surface area contributed by atoms with E-state index in [-0.39, 0.29) is 17.3 Å². The summed E-state index contributed by atoms with van der Waals surface area (Å²) in [5.74, 6) is -0.391. The fourth-order valence-corrected chi connectivity index (χ4v) is 1.26. The first-order valence-corrected chi connectivity index (χ1v) is 5.29. The fraction of sp³-hybridized carbons (Fsp3) is 0.400. The Labute approximate surface area is 98.6 Å². The molecule has 6 heteroatoms. The Morgan fingerprint density at radius 1 is 1.75 bits per heavy atom. The Hall–Kier alpha value is -1.33. The van der Waals surface area contributed by atoms with Gasteiger partial charge in [0, 0.05) is 6.54 Å². The van der Waals surface area contributed by atoms with E-state index >= 15 is 0 Å². The molecule has 88 valence electrons. The van der Waals surface area contributed by atoms with Crippen LogP contribution in [-0.4, -0.2) is 28.6 Å². The van der Waals surface area contributed by atoms with Gasteiger partial charge >= 0.3 is 0 Å². The second kappa shape index (κ2) is 5.67. The second-order valence-electron chi connectivity index (χ2n) is 3.38. The lowest BCUT2D eigenvalue weighted by molar-refractivity contribution is 0.0913. The molecule has 1 rings (SSSR count). The van der Waals surface area contributed by atoms with Crippen molar-refractivity contribution < 1.29 is 9.90 Å². The van der Waals surface area contributed by atoms with Crippen LogP contribution in [0, 0.1) is 0 Å². The average molecular weight is 244 g/mol. The van der Waals surface area contributed by atoms with Crippen molar-refractivity contribution >= 4 is 23.2 Å². The molecule has 16 heavy (non-hydrogen) atoms. The van der Waals surface area contributed by atoms with Crippen LogP contribution in [0.5, 0.6) is 0 Å². The maximum atomic E-state index is 11.6. The number of nitrogens with zero attached hydrogens (tertiary/aromatic N) is 1. The largest absolute Gasteiger partial charge is 0.397 e. The van der Waals surface area contributed by atoms with Gasteiger partial charge in [-0.2, -0.15) is 0 Å². The number of hydrogen-bond acceptors (Lipinski definition) is 4. The SMILES string of the molecule is CCC(O)CNC(=O)c1cc(N)cnc1Cl. The molecule has 1 heterocycles. The Bertz CT molecular complexity index is 384. The Morgan fingerprint density at radius 2 is 2.44 bits per heavy atom. The van der Waals surface area contributed by atoms with Gasteiger partial charge < -0.3 is 16.2 Å². The summed E-state index contributed by atoms with van der Waals surface area (Å²) in [6.45, 7) is 2.01. The van der Waals surface area contributed by atoms with E-state index < -0.39 is 12.0 Å². The Balaban J connectivity index is 2.69. The summed E-state index contributed by atoms with van der Waals surface area (Å²) >= 11 is 5.75. The number of anilines is 1. The highest BCUT2D eigenvalue weighted by atomic mass is 35.5. The number of amides is 1. The molecule has 0 fully saturated rings. The number of carbonyl (C=O) groups excluding carboxylic acids is 1. The normalized spacial score (nSPS) is 12.2. The number of aliphatic hydroxyl groups excluding tert-OH is 1. The predicted molar refractivity (Wildman–Crippen MR) is 62.3 cm³/mol. The maximum absolute atomic E-state index is 11.6.